The van der Waals surface area contributed by atoms with E-state index in [1.54, 1.807) is 37.3 Å². The summed E-state index contributed by atoms with van der Waals surface area (Å²) in [4.78, 5) is 23.6. The highest BCUT2D eigenvalue weighted by Gasteiger charge is 2.22. The molecular weight excluding hydrogens is 452 g/mol. The maximum atomic E-state index is 12.8. The lowest BCUT2D eigenvalue weighted by atomic mass is 10.2. The number of carbonyl (C=O) groups excluding carboxylic acids is 1. The molecule has 1 aromatic carbocycles. The van der Waals surface area contributed by atoms with E-state index in [0.717, 1.165) is 26.4 Å². The second-order valence-corrected chi connectivity index (χ2v) is 11.2. The molecule has 0 aliphatic carbocycles. The average molecular weight is 479 g/mol. The Bertz CT molecular complexity index is 1220. The number of rotatable bonds is 8. The summed E-state index contributed by atoms with van der Waals surface area (Å²) in [7, 11) is -3.60. The molecule has 3 aromatic rings. The number of hydrogen-bond acceptors (Lipinski definition) is 7. The molecule has 0 saturated carbocycles. The third-order valence-electron chi connectivity index (χ3n) is 5.10. The van der Waals surface area contributed by atoms with Gasteiger partial charge in [-0.15, -0.1) is 11.3 Å². The van der Waals surface area contributed by atoms with Crippen molar-refractivity contribution in [2.45, 2.75) is 44.5 Å². The van der Waals surface area contributed by atoms with E-state index in [4.69, 9.17) is 0 Å². The smallest absolute Gasteiger partial charge is 0.243 e. The Morgan fingerprint density at radius 1 is 1.16 bits per heavy atom. The van der Waals surface area contributed by atoms with Gasteiger partial charge in [0.15, 0.2) is 0 Å². The molecule has 3 rings (SSSR count). The van der Waals surface area contributed by atoms with Gasteiger partial charge in [-0.2, -0.15) is 4.31 Å². The van der Waals surface area contributed by atoms with Gasteiger partial charge < -0.3 is 5.32 Å². The van der Waals surface area contributed by atoms with Crippen LogP contribution in [0.2, 0.25) is 0 Å². The summed E-state index contributed by atoms with van der Waals surface area (Å²) >= 11 is 2.97. The minimum absolute atomic E-state index is 0.160. The zero-order valence-electron chi connectivity index (χ0n) is 18.2. The predicted molar refractivity (Wildman–Crippen MR) is 128 cm³/mol. The molecule has 0 unspecified atom stereocenters. The fraction of sp³-hybridized carbons (Fsp3) is 0.381. The van der Waals surface area contributed by atoms with Crippen molar-refractivity contribution in [2.24, 2.45) is 0 Å². The number of aryl methyl sites for hydroxylation is 3. The molecule has 10 heteroatoms. The fourth-order valence-electron chi connectivity index (χ4n) is 3.19. The van der Waals surface area contributed by atoms with Gasteiger partial charge in [-0.3, -0.25) is 4.79 Å². The van der Waals surface area contributed by atoms with Gasteiger partial charge in [0.1, 0.15) is 16.2 Å². The van der Waals surface area contributed by atoms with E-state index >= 15 is 0 Å². The first kappa shape index (κ1) is 23.6. The molecule has 166 valence electrons. The summed E-state index contributed by atoms with van der Waals surface area (Å²) in [6.45, 7) is 10.3. The second kappa shape index (κ2) is 9.64. The highest BCUT2D eigenvalue weighted by molar-refractivity contribution is 8.00. The van der Waals surface area contributed by atoms with Crippen molar-refractivity contribution in [2.75, 3.05) is 24.2 Å². The van der Waals surface area contributed by atoms with E-state index in [1.807, 2.05) is 20.8 Å². The topological polar surface area (TPSA) is 92.3 Å². The molecule has 0 fully saturated rings. The van der Waals surface area contributed by atoms with E-state index in [-0.39, 0.29) is 16.6 Å². The molecule has 1 amide bonds. The van der Waals surface area contributed by atoms with Crippen LogP contribution >= 0.6 is 23.1 Å². The third-order valence-corrected chi connectivity index (χ3v) is 9.25. The quantitative estimate of drug-likeness (QED) is 0.382. The summed E-state index contributed by atoms with van der Waals surface area (Å²) in [5.74, 6) is -0.0609. The second-order valence-electron chi connectivity index (χ2n) is 7.05. The Kier molecular flexibility index (Phi) is 7.35. The van der Waals surface area contributed by atoms with Crippen molar-refractivity contribution >= 4 is 54.9 Å². The number of benzene rings is 1. The Balaban J connectivity index is 1.77. The largest absolute Gasteiger partial charge is 0.325 e. The lowest BCUT2D eigenvalue weighted by molar-refractivity contribution is -0.113. The first-order valence-electron chi connectivity index (χ1n) is 9.93. The van der Waals surface area contributed by atoms with Crippen molar-refractivity contribution < 1.29 is 13.2 Å². The van der Waals surface area contributed by atoms with Crippen LogP contribution in [0.4, 0.5) is 5.69 Å². The first-order valence-corrected chi connectivity index (χ1v) is 13.2. The molecule has 1 N–H and O–H groups in total. The predicted octanol–water partition coefficient (Wildman–Crippen LogP) is 4.38. The van der Waals surface area contributed by atoms with Gasteiger partial charge in [-0.05, 0) is 44.0 Å². The van der Waals surface area contributed by atoms with Crippen molar-refractivity contribution in [3.8, 4) is 0 Å². The number of nitrogens with one attached hydrogen (secondary N) is 1. The number of fused-ring (bicyclic) bond motifs is 1. The van der Waals surface area contributed by atoms with E-state index in [2.05, 4.69) is 15.3 Å². The van der Waals surface area contributed by atoms with E-state index in [1.165, 1.54) is 33.3 Å². The molecule has 0 atom stereocenters. The summed E-state index contributed by atoms with van der Waals surface area (Å²) in [5.41, 5.74) is 2.42. The normalized spacial score (nSPS) is 11.9. The third kappa shape index (κ3) is 4.92. The number of sulfonamides is 1. The van der Waals surface area contributed by atoms with Crippen LogP contribution in [0.5, 0.6) is 0 Å². The maximum Gasteiger partial charge on any atom is 0.243 e. The van der Waals surface area contributed by atoms with E-state index in [9.17, 15) is 13.2 Å². The van der Waals surface area contributed by atoms with Crippen molar-refractivity contribution in [1.29, 1.82) is 0 Å². The van der Waals surface area contributed by atoms with Crippen molar-refractivity contribution in [1.82, 2.24) is 14.3 Å². The van der Waals surface area contributed by atoms with Gasteiger partial charge in [0, 0.05) is 29.0 Å². The Morgan fingerprint density at radius 3 is 2.55 bits per heavy atom. The molecule has 0 radical (unpaired) electrons. The highest BCUT2D eigenvalue weighted by Crippen LogP contribution is 2.34. The van der Waals surface area contributed by atoms with Crippen LogP contribution in [-0.2, 0) is 14.8 Å². The lowest BCUT2D eigenvalue weighted by Crippen LogP contribution is -2.30. The molecular formula is C21H26N4O3S3. The standard InChI is InChI=1S/C21H26N4O3S3/c1-6-25(7-2)31(27,28)16-9-8-13(3)17(10-16)24-18(26)11-29-20-19-14(4)15(5)30-21(19)23-12-22-20/h8-10,12H,6-7,11H2,1-5H3,(H,24,26). The number of thioether (sulfide) groups is 1. The monoisotopic (exact) mass is 478 g/mol. The van der Waals surface area contributed by atoms with Gasteiger partial charge in [0.2, 0.25) is 15.9 Å². The molecule has 31 heavy (non-hydrogen) atoms. The number of nitrogens with zero attached hydrogens (tertiary/aromatic N) is 3. The Morgan fingerprint density at radius 2 is 1.87 bits per heavy atom. The SMILES string of the molecule is CCN(CC)S(=O)(=O)c1ccc(C)c(NC(=O)CSc2ncnc3sc(C)c(C)c23)c1. The van der Waals surface area contributed by atoms with Crippen molar-refractivity contribution in [3.05, 3.63) is 40.5 Å². The van der Waals surface area contributed by atoms with Crippen LogP contribution in [0.15, 0.2) is 34.4 Å². The summed E-state index contributed by atoms with van der Waals surface area (Å²) in [5, 5.41) is 4.62. The molecule has 2 heterocycles. The Hall–Kier alpha value is -2.01. The zero-order valence-corrected chi connectivity index (χ0v) is 20.7. The lowest BCUT2D eigenvalue weighted by Gasteiger charge is -2.19. The molecule has 0 aliphatic rings. The fourth-order valence-corrected chi connectivity index (χ4v) is 6.59. The Labute approximate surface area is 191 Å². The molecule has 7 nitrogen and oxygen atoms in total. The average Bonchev–Trinajstić information content (AvgIpc) is 3.03. The minimum Gasteiger partial charge on any atom is -0.325 e. The molecule has 2 aromatic heterocycles. The van der Waals surface area contributed by atoms with Crippen LogP contribution in [0, 0.1) is 20.8 Å². The molecule has 0 bridgehead atoms. The van der Waals surface area contributed by atoms with Crippen LogP contribution in [0.1, 0.15) is 29.9 Å². The molecule has 0 saturated heterocycles. The first-order chi connectivity index (χ1) is 14.7. The zero-order chi connectivity index (χ0) is 22.8. The van der Waals surface area contributed by atoms with Gasteiger partial charge in [0.05, 0.1) is 10.6 Å². The van der Waals surface area contributed by atoms with Crippen LogP contribution < -0.4 is 5.32 Å². The van der Waals surface area contributed by atoms with Gasteiger partial charge >= 0.3 is 0 Å². The number of aromatic nitrogens is 2. The van der Waals surface area contributed by atoms with Gasteiger partial charge in [-0.1, -0.05) is 31.7 Å². The van der Waals surface area contributed by atoms with Crippen LogP contribution in [-0.4, -0.2) is 47.4 Å². The maximum absolute atomic E-state index is 12.8. The van der Waals surface area contributed by atoms with Crippen LogP contribution in [0.25, 0.3) is 10.2 Å². The summed E-state index contributed by atoms with van der Waals surface area (Å²) in [6.07, 6.45) is 1.52. The molecule has 0 spiro atoms. The van der Waals surface area contributed by atoms with Gasteiger partial charge in [0.25, 0.3) is 0 Å². The summed E-state index contributed by atoms with van der Waals surface area (Å²) in [6, 6.07) is 4.82. The molecule has 0 aliphatic heterocycles. The van der Waals surface area contributed by atoms with Crippen LogP contribution in [0.3, 0.4) is 0 Å². The van der Waals surface area contributed by atoms with Gasteiger partial charge in [-0.25, -0.2) is 18.4 Å². The number of thiophene rings is 1. The summed E-state index contributed by atoms with van der Waals surface area (Å²) < 4.78 is 27.0. The van der Waals surface area contributed by atoms with E-state index in [0.29, 0.717) is 18.8 Å². The number of amides is 1. The highest BCUT2D eigenvalue weighted by atomic mass is 32.2. The number of carbonyl (C=O) groups is 1. The minimum atomic E-state index is -3.60. The number of anilines is 1. The van der Waals surface area contributed by atoms with E-state index < -0.39 is 10.0 Å². The van der Waals surface area contributed by atoms with Crippen molar-refractivity contribution in [3.63, 3.8) is 0 Å². The number of hydrogen-bond donors (Lipinski definition) is 1.